The molecule has 0 unspecified atom stereocenters. The fourth-order valence-corrected chi connectivity index (χ4v) is 3.21. The lowest BCUT2D eigenvalue weighted by Gasteiger charge is -2.14. The van der Waals surface area contributed by atoms with Gasteiger partial charge in [0.25, 0.3) is 0 Å². The Morgan fingerprint density at radius 2 is 1.00 bits per heavy atom. The van der Waals surface area contributed by atoms with Gasteiger partial charge in [-0.3, -0.25) is 8.74 Å². The normalized spacial score (nSPS) is 11.5. The lowest BCUT2D eigenvalue weighted by Crippen LogP contribution is -2.23. The van der Waals surface area contributed by atoms with Crippen molar-refractivity contribution >= 4 is 10.4 Å². The van der Waals surface area contributed by atoms with E-state index in [0.29, 0.717) is 0 Å². The van der Waals surface area contributed by atoms with Crippen LogP contribution in [0.15, 0.2) is 0 Å². The molecule has 178 valence electrons. The van der Waals surface area contributed by atoms with Gasteiger partial charge in [-0.1, -0.05) is 103 Å². The number of nitrogens with zero attached hydrogens (tertiary/aromatic N) is 1. The molecule has 0 aromatic rings. The lowest BCUT2D eigenvalue weighted by atomic mass is 10.0. The third-order valence-corrected chi connectivity index (χ3v) is 5.51. The summed E-state index contributed by atoms with van der Waals surface area (Å²) in [5.74, 6) is 0. The SMILES string of the molecule is CCCCCCCCCCCCCCCCCCN(C)CCO.COS(=O)(=O)O. The molecule has 0 radical (unpaired) electrons. The second-order valence-electron chi connectivity index (χ2n) is 7.92. The summed E-state index contributed by atoms with van der Waals surface area (Å²) in [4.78, 5) is 2.23. The Morgan fingerprint density at radius 1 is 0.690 bits per heavy atom. The number of hydrogen-bond acceptors (Lipinski definition) is 5. The molecule has 0 heterocycles. The largest absolute Gasteiger partial charge is 0.397 e. The molecule has 0 atom stereocenters. The molecule has 0 spiro atoms. The van der Waals surface area contributed by atoms with Crippen molar-refractivity contribution in [2.75, 3.05) is 33.9 Å². The highest BCUT2D eigenvalue weighted by molar-refractivity contribution is 7.80. The molecule has 0 aliphatic rings. The molecule has 0 fully saturated rings. The number of aliphatic hydroxyl groups excluding tert-OH is 1. The Kier molecular flexibility index (Phi) is 25.7. The maximum Gasteiger partial charge on any atom is 0.397 e. The van der Waals surface area contributed by atoms with E-state index in [0.717, 1.165) is 20.2 Å². The predicted molar refractivity (Wildman–Crippen MR) is 123 cm³/mol. The smallest absolute Gasteiger partial charge is 0.395 e. The van der Waals surface area contributed by atoms with Crippen LogP contribution in [0.25, 0.3) is 0 Å². The average molecular weight is 440 g/mol. The van der Waals surface area contributed by atoms with Gasteiger partial charge in [0.05, 0.1) is 13.7 Å². The van der Waals surface area contributed by atoms with Crippen LogP contribution in [0.1, 0.15) is 110 Å². The fourth-order valence-electron chi connectivity index (χ4n) is 3.21. The minimum absolute atomic E-state index is 0.287. The Bertz CT molecular complexity index is 404. The van der Waals surface area contributed by atoms with E-state index in [1.807, 2.05) is 0 Å². The van der Waals surface area contributed by atoms with E-state index < -0.39 is 10.4 Å². The quantitative estimate of drug-likeness (QED) is 0.189. The van der Waals surface area contributed by atoms with Crippen molar-refractivity contribution in [2.24, 2.45) is 0 Å². The average Bonchev–Trinajstić information content (AvgIpc) is 2.68. The fraction of sp³-hybridized carbons (Fsp3) is 1.00. The molecule has 6 nitrogen and oxygen atoms in total. The van der Waals surface area contributed by atoms with E-state index in [4.69, 9.17) is 9.66 Å². The van der Waals surface area contributed by atoms with Crippen molar-refractivity contribution in [2.45, 2.75) is 110 Å². The molecule has 2 N–H and O–H groups in total. The minimum atomic E-state index is -4.16. The maximum absolute atomic E-state index is 9.33. The van der Waals surface area contributed by atoms with Gasteiger partial charge >= 0.3 is 10.4 Å². The highest BCUT2D eigenvalue weighted by atomic mass is 32.3. The van der Waals surface area contributed by atoms with Crippen LogP contribution in [-0.2, 0) is 14.6 Å². The van der Waals surface area contributed by atoms with Gasteiger partial charge in [0.15, 0.2) is 0 Å². The molecular weight excluding hydrogens is 390 g/mol. The molecule has 0 aromatic carbocycles. The van der Waals surface area contributed by atoms with E-state index in [1.54, 1.807) is 0 Å². The van der Waals surface area contributed by atoms with Crippen molar-refractivity contribution < 1.29 is 22.3 Å². The lowest BCUT2D eigenvalue weighted by molar-refractivity contribution is 0.219. The van der Waals surface area contributed by atoms with E-state index in [1.165, 1.54) is 103 Å². The summed E-state index contributed by atoms with van der Waals surface area (Å²) in [7, 11) is -1.19. The Balaban J connectivity index is 0. The number of likely N-dealkylation sites (N-methyl/N-ethyl adjacent to an activating group) is 1. The van der Waals surface area contributed by atoms with Gasteiger partial charge in [-0.25, -0.2) is 0 Å². The summed E-state index contributed by atoms with van der Waals surface area (Å²) in [5, 5.41) is 8.83. The van der Waals surface area contributed by atoms with Crippen LogP contribution in [0.3, 0.4) is 0 Å². The van der Waals surface area contributed by atoms with Gasteiger partial charge in [-0.15, -0.1) is 0 Å². The Labute approximate surface area is 181 Å². The molecule has 0 rings (SSSR count). The highest BCUT2D eigenvalue weighted by Gasteiger charge is 1.97. The zero-order valence-corrected chi connectivity index (χ0v) is 20.2. The van der Waals surface area contributed by atoms with Crippen molar-refractivity contribution in [3.63, 3.8) is 0 Å². The summed E-state index contributed by atoms with van der Waals surface area (Å²) in [6.07, 6.45) is 22.8. The molecule has 29 heavy (non-hydrogen) atoms. The third-order valence-electron chi connectivity index (χ3n) is 5.09. The highest BCUT2D eigenvalue weighted by Crippen LogP contribution is 2.13. The standard InChI is InChI=1S/C21H45NO.CH4O4S/c1-3-4-5-6-7-8-9-10-11-12-13-14-15-16-17-18-19-22(2)20-21-23;1-5-6(2,3)4/h23H,3-21H2,1-2H3;1H3,(H,2,3,4). The number of unbranched alkanes of at least 4 members (excludes halogenated alkanes) is 15. The minimum Gasteiger partial charge on any atom is -0.395 e. The first kappa shape index (κ1) is 31.0. The first-order valence-electron chi connectivity index (χ1n) is 11.7. The van der Waals surface area contributed by atoms with Gasteiger partial charge in [0.1, 0.15) is 0 Å². The van der Waals surface area contributed by atoms with Crippen LogP contribution in [0, 0.1) is 0 Å². The van der Waals surface area contributed by atoms with Crippen LogP contribution in [0.5, 0.6) is 0 Å². The van der Waals surface area contributed by atoms with Crippen molar-refractivity contribution in [1.82, 2.24) is 4.90 Å². The molecule has 0 amide bonds. The van der Waals surface area contributed by atoms with Gasteiger partial charge in [-0.05, 0) is 20.0 Å². The molecule has 0 bridgehead atoms. The molecule has 0 saturated heterocycles. The van der Waals surface area contributed by atoms with Crippen LogP contribution in [0.2, 0.25) is 0 Å². The summed E-state index contributed by atoms with van der Waals surface area (Å²) in [6.45, 7) is 4.53. The molecule has 0 aliphatic heterocycles. The third kappa shape index (κ3) is 32.7. The van der Waals surface area contributed by atoms with Crippen LogP contribution >= 0.6 is 0 Å². The number of aliphatic hydroxyl groups is 1. The summed E-state index contributed by atoms with van der Waals surface area (Å²) in [6, 6.07) is 0. The monoisotopic (exact) mass is 439 g/mol. The zero-order chi connectivity index (χ0) is 22.2. The van der Waals surface area contributed by atoms with Gasteiger partial charge in [0, 0.05) is 6.54 Å². The first-order valence-corrected chi connectivity index (χ1v) is 13.1. The van der Waals surface area contributed by atoms with Crippen molar-refractivity contribution in [3.8, 4) is 0 Å². The van der Waals surface area contributed by atoms with Crippen LogP contribution in [0.4, 0.5) is 0 Å². The molecule has 7 heteroatoms. The van der Waals surface area contributed by atoms with Gasteiger partial charge < -0.3 is 10.0 Å². The van der Waals surface area contributed by atoms with Gasteiger partial charge in [0.2, 0.25) is 0 Å². The number of rotatable bonds is 20. The van der Waals surface area contributed by atoms with Crippen LogP contribution in [-0.4, -0.2) is 56.8 Å². The molecule has 0 aliphatic carbocycles. The van der Waals surface area contributed by atoms with E-state index in [-0.39, 0.29) is 6.61 Å². The van der Waals surface area contributed by atoms with Crippen LogP contribution < -0.4 is 0 Å². The molecular formula is C22H49NO5S. The van der Waals surface area contributed by atoms with Crippen molar-refractivity contribution in [3.05, 3.63) is 0 Å². The Morgan fingerprint density at radius 3 is 1.28 bits per heavy atom. The van der Waals surface area contributed by atoms with Gasteiger partial charge in [-0.2, -0.15) is 8.42 Å². The van der Waals surface area contributed by atoms with Crippen molar-refractivity contribution in [1.29, 1.82) is 0 Å². The number of hydrogen-bond donors (Lipinski definition) is 2. The van der Waals surface area contributed by atoms with E-state index >= 15 is 0 Å². The second kappa shape index (κ2) is 24.1. The Hall–Kier alpha value is -0.210. The van der Waals surface area contributed by atoms with E-state index in [2.05, 4.69) is 23.1 Å². The second-order valence-corrected chi connectivity index (χ2v) is 9.11. The predicted octanol–water partition coefficient (Wildman–Crippen LogP) is 5.61. The topological polar surface area (TPSA) is 87.1 Å². The summed E-state index contributed by atoms with van der Waals surface area (Å²) in [5.41, 5.74) is 0. The molecule has 0 aromatic heterocycles. The first-order chi connectivity index (χ1) is 13.9. The summed E-state index contributed by atoms with van der Waals surface area (Å²) < 4.78 is 29.7. The zero-order valence-electron chi connectivity index (χ0n) is 19.4. The van der Waals surface area contributed by atoms with E-state index in [9.17, 15) is 8.42 Å². The maximum atomic E-state index is 9.33. The summed E-state index contributed by atoms with van der Waals surface area (Å²) >= 11 is 0. The molecule has 0 saturated carbocycles.